The van der Waals surface area contributed by atoms with Gasteiger partial charge in [-0.2, -0.15) is 0 Å². The number of aryl methyl sites for hydroxylation is 1. The molecule has 0 aliphatic carbocycles. The van der Waals surface area contributed by atoms with Gasteiger partial charge in [0.1, 0.15) is 18.3 Å². The highest BCUT2D eigenvalue weighted by atomic mass is 32.2. The van der Waals surface area contributed by atoms with Crippen LogP contribution in [0.15, 0.2) is 62.9 Å². The van der Waals surface area contributed by atoms with Crippen LogP contribution >= 0.6 is 11.9 Å². The summed E-state index contributed by atoms with van der Waals surface area (Å²) in [7, 11) is 1.25. The van der Waals surface area contributed by atoms with E-state index in [1.807, 2.05) is 19.2 Å². The number of aromatic nitrogens is 3. The second kappa shape index (κ2) is 11.8. The van der Waals surface area contributed by atoms with Crippen molar-refractivity contribution in [2.75, 3.05) is 30.1 Å². The Morgan fingerprint density at radius 1 is 1.08 bits per heavy atom. The fourth-order valence-corrected chi connectivity index (χ4v) is 4.74. The summed E-state index contributed by atoms with van der Waals surface area (Å²) in [6.07, 6.45) is 2.38. The van der Waals surface area contributed by atoms with Gasteiger partial charge in [-0.25, -0.2) is 13.8 Å². The van der Waals surface area contributed by atoms with Gasteiger partial charge in [0.2, 0.25) is 0 Å². The van der Waals surface area contributed by atoms with Crippen molar-refractivity contribution in [1.29, 1.82) is 0 Å². The van der Waals surface area contributed by atoms with Crippen molar-refractivity contribution in [3.63, 3.8) is 0 Å². The van der Waals surface area contributed by atoms with Crippen molar-refractivity contribution < 1.29 is 13.6 Å². The van der Waals surface area contributed by atoms with Gasteiger partial charge in [0.05, 0.1) is 23.7 Å². The minimum atomic E-state index is -0.686. The zero-order chi connectivity index (χ0) is 28.3. The number of rotatable bonds is 10. The number of benzene rings is 2. The molecule has 39 heavy (non-hydrogen) atoms. The normalized spacial score (nSPS) is 11.9. The smallest absolute Gasteiger partial charge is 0.337 e. The van der Waals surface area contributed by atoms with Crippen molar-refractivity contribution in [2.45, 2.75) is 32.7 Å². The van der Waals surface area contributed by atoms with Gasteiger partial charge >= 0.3 is 5.69 Å². The SMILES string of the molecule is CCC(C)n1c(=O)c2c(Nc3ccc(CCF)cc3F)cc(=O)n(OC)c2n(-c2cccc(NSC)c2)c1=O. The molecule has 2 heterocycles. The molecular weight excluding hydrogens is 528 g/mol. The van der Waals surface area contributed by atoms with E-state index in [1.165, 1.54) is 35.8 Å². The third-order valence-corrected chi connectivity index (χ3v) is 6.86. The van der Waals surface area contributed by atoms with Crippen LogP contribution in [0.25, 0.3) is 16.7 Å². The Hall–Kier alpha value is -4.06. The molecule has 4 rings (SSSR count). The van der Waals surface area contributed by atoms with Crippen molar-refractivity contribution >= 4 is 40.0 Å². The zero-order valence-corrected chi connectivity index (χ0v) is 22.8. The number of halogens is 2. The first kappa shape index (κ1) is 28.0. The molecule has 206 valence electrons. The van der Waals surface area contributed by atoms with Gasteiger partial charge < -0.3 is 14.9 Å². The summed E-state index contributed by atoms with van der Waals surface area (Å²) < 4.78 is 34.0. The molecule has 4 aromatic rings. The lowest BCUT2D eigenvalue weighted by molar-refractivity contribution is 0.166. The number of alkyl halides is 1. The molecule has 12 heteroatoms. The molecule has 0 radical (unpaired) electrons. The third-order valence-electron chi connectivity index (χ3n) is 6.42. The number of hydrogen-bond acceptors (Lipinski definition) is 7. The first-order valence-electron chi connectivity index (χ1n) is 12.3. The second-order valence-corrected chi connectivity index (χ2v) is 9.47. The summed E-state index contributed by atoms with van der Waals surface area (Å²) in [5.74, 6) is -0.684. The van der Waals surface area contributed by atoms with Gasteiger partial charge in [-0.15, -0.1) is 4.73 Å². The molecule has 0 aliphatic rings. The fraction of sp³-hybridized carbons (Fsp3) is 0.296. The van der Waals surface area contributed by atoms with E-state index < -0.39 is 35.3 Å². The molecule has 0 amide bonds. The molecule has 2 N–H and O–H groups in total. The van der Waals surface area contributed by atoms with Gasteiger partial charge in [0, 0.05) is 30.5 Å². The van der Waals surface area contributed by atoms with Gasteiger partial charge in [0.15, 0.2) is 5.65 Å². The van der Waals surface area contributed by atoms with Crippen LogP contribution in [-0.2, 0) is 6.42 Å². The summed E-state index contributed by atoms with van der Waals surface area (Å²) in [5, 5.41) is 2.80. The van der Waals surface area contributed by atoms with Crippen molar-refractivity contribution in [3.05, 3.63) is 91.1 Å². The van der Waals surface area contributed by atoms with E-state index >= 15 is 0 Å². The van der Waals surface area contributed by atoms with Gasteiger partial charge in [-0.3, -0.25) is 18.5 Å². The lowest BCUT2D eigenvalue weighted by atomic mass is 10.1. The predicted molar refractivity (Wildman–Crippen MR) is 152 cm³/mol. The van der Waals surface area contributed by atoms with Crippen LogP contribution in [0.5, 0.6) is 0 Å². The average Bonchev–Trinajstić information content (AvgIpc) is 2.90. The van der Waals surface area contributed by atoms with E-state index in [9.17, 15) is 23.2 Å². The molecule has 0 aliphatic heterocycles. The van der Waals surface area contributed by atoms with Crippen LogP contribution in [0, 0.1) is 5.82 Å². The standard InChI is InChI=1S/C27H29F2N5O4S/c1-5-16(2)32-26(36)24-22(30-21-10-9-17(11-12-28)13-20(21)29)15-23(35)34(38-3)25(24)33(27(32)37)19-8-6-7-18(14-19)31-39-4/h6-10,13-16,30-31H,5,11-12H2,1-4H3. The highest BCUT2D eigenvalue weighted by Crippen LogP contribution is 2.27. The lowest BCUT2D eigenvalue weighted by Crippen LogP contribution is -2.44. The Morgan fingerprint density at radius 3 is 2.49 bits per heavy atom. The average molecular weight is 558 g/mol. The van der Waals surface area contributed by atoms with Crippen molar-refractivity contribution in [1.82, 2.24) is 13.9 Å². The van der Waals surface area contributed by atoms with Crippen LogP contribution in [0.3, 0.4) is 0 Å². The summed E-state index contributed by atoms with van der Waals surface area (Å²) in [6.45, 7) is 2.96. The molecule has 0 saturated heterocycles. The molecule has 0 spiro atoms. The van der Waals surface area contributed by atoms with E-state index in [0.29, 0.717) is 23.4 Å². The van der Waals surface area contributed by atoms with Crippen molar-refractivity contribution in [3.8, 4) is 5.69 Å². The Labute approximate surface area is 227 Å². The topological polar surface area (TPSA) is 99.3 Å². The second-order valence-electron chi connectivity index (χ2n) is 8.86. The first-order valence-corrected chi connectivity index (χ1v) is 13.5. The summed E-state index contributed by atoms with van der Waals surface area (Å²) in [5.41, 5.74) is -0.614. The van der Waals surface area contributed by atoms with Gasteiger partial charge in [0.25, 0.3) is 11.1 Å². The monoisotopic (exact) mass is 557 g/mol. The van der Waals surface area contributed by atoms with Gasteiger partial charge in [-0.05, 0) is 49.2 Å². The lowest BCUT2D eigenvalue weighted by Gasteiger charge is -2.21. The van der Waals surface area contributed by atoms with E-state index in [0.717, 1.165) is 15.4 Å². The van der Waals surface area contributed by atoms with E-state index in [-0.39, 0.29) is 28.8 Å². The molecule has 2 aromatic heterocycles. The maximum Gasteiger partial charge on any atom is 0.337 e. The molecule has 1 atom stereocenters. The maximum atomic E-state index is 15.0. The summed E-state index contributed by atoms with van der Waals surface area (Å²) in [6, 6.07) is 11.7. The highest BCUT2D eigenvalue weighted by Gasteiger charge is 2.25. The molecule has 0 bridgehead atoms. The maximum absolute atomic E-state index is 15.0. The number of fused-ring (bicyclic) bond motifs is 1. The van der Waals surface area contributed by atoms with Crippen LogP contribution in [-0.4, -0.2) is 33.9 Å². The Bertz CT molecular complexity index is 1700. The highest BCUT2D eigenvalue weighted by molar-refractivity contribution is 7.99. The largest absolute Gasteiger partial charge is 0.412 e. The van der Waals surface area contributed by atoms with E-state index in [2.05, 4.69) is 10.0 Å². The molecule has 0 fully saturated rings. The number of nitrogens with zero attached hydrogens (tertiary/aromatic N) is 3. The Kier molecular flexibility index (Phi) is 8.44. The number of pyridine rings is 1. The fourth-order valence-electron chi connectivity index (χ4n) is 4.37. The molecule has 1 unspecified atom stereocenters. The number of nitrogens with one attached hydrogen (secondary N) is 2. The van der Waals surface area contributed by atoms with E-state index in [1.54, 1.807) is 31.2 Å². The third kappa shape index (κ3) is 5.29. The van der Waals surface area contributed by atoms with E-state index in [4.69, 9.17) is 4.84 Å². The quantitative estimate of drug-likeness (QED) is 0.279. The predicted octanol–water partition coefficient (Wildman–Crippen LogP) is 4.43. The summed E-state index contributed by atoms with van der Waals surface area (Å²) in [4.78, 5) is 46.3. The van der Waals surface area contributed by atoms with Crippen molar-refractivity contribution in [2.24, 2.45) is 0 Å². The zero-order valence-electron chi connectivity index (χ0n) is 22.0. The molecular formula is C27H29F2N5O4S. The Morgan fingerprint density at radius 2 is 1.85 bits per heavy atom. The number of hydrogen-bond donors (Lipinski definition) is 2. The van der Waals surface area contributed by atoms with Crippen LogP contribution < -0.4 is 31.7 Å². The minimum absolute atomic E-state index is 0.00496. The molecule has 0 saturated carbocycles. The van der Waals surface area contributed by atoms with Crippen LogP contribution in [0.1, 0.15) is 31.9 Å². The summed E-state index contributed by atoms with van der Waals surface area (Å²) >= 11 is 1.36. The van der Waals surface area contributed by atoms with Gasteiger partial charge in [-0.1, -0.05) is 31.0 Å². The first-order chi connectivity index (χ1) is 18.7. The van der Waals surface area contributed by atoms with Crippen LogP contribution in [0.4, 0.5) is 25.8 Å². The van der Waals surface area contributed by atoms with Crippen LogP contribution in [0.2, 0.25) is 0 Å². The Balaban J connectivity index is 2.12. The molecule has 2 aromatic carbocycles. The number of anilines is 3. The minimum Gasteiger partial charge on any atom is -0.412 e. The molecule has 9 nitrogen and oxygen atoms in total.